The fourth-order valence-corrected chi connectivity index (χ4v) is 4.11. The number of ether oxygens (including phenoxy) is 4. The van der Waals surface area contributed by atoms with Crippen LogP contribution in [0.2, 0.25) is 5.02 Å². The Kier molecular flexibility index (Phi) is 10.0. The first kappa shape index (κ1) is 28.5. The topological polar surface area (TPSA) is 139 Å². The summed E-state index contributed by atoms with van der Waals surface area (Å²) < 4.78 is 86.8. The SMILES string of the molecule is COC(COc1cc(C(F)(F)F)cc(OCCCNS(=O)(=O)c2cc([N+](=O)[O-])ccc2Cl)n1)OC. The molecular formula is C19H21ClF3N3O8S. The van der Waals surface area contributed by atoms with E-state index in [9.17, 15) is 31.7 Å². The minimum absolute atomic E-state index is 0.0231. The molecule has 2 aromatic rings. The molecule has 16 heteroatoms. The minimum Gasteiger partial charge on any atom is -0.478 e. The van der Waals surface area contributed by atoms with E-state index in [0.29, 0.717) is 12.1 Å². The van der Waals surface area contributed by atoms with Crippen molar-refractivity contribution in [2.75, 3.05) is 34.0 Å². The number of rotatable bonds is 13. The van der Waals surface area contributed by atoms with Crippen LogP contribution in [-0.4, -0.2) is 58.6 Å². The Morgan fingerprint density at radius 1 is 1.14 bits per heavy atom. The maximum Gasteiger partial charge on any atom is 0.416 e. The van der Waals surface area contributed by atoms with Crippen molar-refractivity contribution in [1.82, 2.24) is 9.71 Å². The van der Waals surface area contributed by atoms with Gasteiger partial charge in [0.25, 0.3) is 5.69 Å². The molecule has 194 valence electrons. The third-order valence-electron chi connectivity index (χ3n) is 4.28. The molecule has 0 bridgehead atoms. The van der Waals surface area contributed by atoms with Crippen molar-refractivity contribution in [1.29, 1.82) is 0 Å². The molecule has 0 fully saturated rings. The summed E-state index contributed by atoms with van der Waals surface area (Å²) in [5.74, 6) is -0.777. The van der Waals surface area contributed by atoms with Gasteiger partial charge < -0.3 is 18.9 Å². The smallest absolute Gasteiger partial charge is 0.416 e. The van der Waals surface area contributed by atoms with Crippen molar-refractivity contribution < 1.29 is 45.5 Å². The average molecular weight is 544 g/mol. The van der Waals surface area contributed by atoms with Gasteiger partial charge in [-0.3, -0.25) is 10.1 Å². The number of non-ortho nitro benzene ring substituents is 1. The zero-order chi connectivity index (χ0) is 26.2. The van der Waals surface area contributed by atoms with E-state index in [1.165, 1.54) is 14.2 Å². The lowest BCUT2D eigenvalue weighted by Crippen LogP contribution is -2.26. The van der Waals surface area contributed by atoms with Gasteiger partial charge in [-0.05, 0) is 12.5 Å². The molecule has 1 aromatic carbocycles. The van der Waals surface area contributed by atoms with Crippen LogP contribution in [0.1, 0.15) is 12.0 Å². The Labute approximate surface area is 203 Å². The maximum atomic E-state index is 13.2. The van der Waals surface area contributed by atoms with Crippen LogP contribution in [0.5, 0.6) is 11.8 Å². The fourth-order valence-electron chi connectivity index (χ4n) is 2.52. The monoisotopic (exact) mass is 543 g/mol. The Morgan fingerprint density at radius 2 is 1.77 bits per heavy atom. The largest absolute Gasteiger partial charge is 0.478 e. The van der Waals surface area contributed by atoms with Gasteiger partial charge in [-0.15, -0.1) is 0 Å². The molecule has 2 rings (SSSR count). The number of halogens is 4. The minimum atomic E-state index is -4.70. The number of methoxy groups -OCH3 is 2. The zero-order valence-electron chi connectivity index (χ0n) is 18.4. The van der Waals surface area contributed by atoms with Crippen molar-refractivity contribution >= 4 is 27.3 Å². The summed E-state index contributed by atoms with van der Waals surface area (Å²) in [6.07, 6.45) is -5.51. The number of sulfonamides is 1. The van der Waals surface area contributed by atoms with Crippen LogP contribution < -0.4 is 14.2 Å². The quantitative estimate of drug-likeness (QED) is 0.174. The molecule has 0 aliphatic rings. The number of hydrogen-bond acceptors (Lipinski definition) is 9. The molecule has 1 aromatic heterocycles. The number of pyridine rings is 1. The second-order valence-corrected chi connectivity index (χ2v) is 8.86. The van der Waals surface area contributed by atoms with E-state index in [4.69, 9.17) is 30.5 Å². The van der Waals surface area contributed by atoms with E-state index in [-0.39, 0.29) is 37.1 Å². The first-order valence-corrected chi connectivity index (χ1v) is 11.6. The van der Waals surface area contributed by atoms with E-state index < -0.39 is 49.4 Å². The molecule has 0 unspecified atom stereocenters. The summed E-state index contributed by atoms with van der Waals surface area (Å²) in [6, 6.07) is 4.31. The van der Waals surface area contributed by atoms with E-state index in [1.54, 1.807) is 0 Å². The van der Waals surface area contributed by atoms with Crippen molar-refractivity contribution in [3.8, 4) is 11.8 Å². The third-order valence-corrected chi connectivity index (χ3v) is 6.22. The fraction of sp³-hybridized carbons (Fsp3) is 0.421. The molecule has 0 saturated heterocycles. The number of nitrogens with one attached hydrogen (secondary N) is 1. The summed E-state index contributed by atoms with van der Waals surface area (Å²) in [7, 11) is -1.54. The summed E-state index contributed by atoms with van der Waals surface area (Å²) in [6.45, 7) is -0.645. The molecule has 1 heterocycles. The summed E-state index contributed by atoms with van der Waals surface area (Å²) in [5.41, 5.74) is -1.53. The lowest BCUT2D eigenvalue weighted by Gasteiger charge is -2.16. The van der Waals surface area contributed by atoms with Gasteiger partial charge >= 0.3 is 6.18 Å². The predicted octanol–water partition coefficient (Wildman–Crippen LogP) is 3.41. The van der Waals surface area contributed by atoms with Gasteiger partial charge in [-0.1, -0.05) is 11.6 Å². The average Bonchev–Trinajstić information content (AvgIpc) is 2.78. The van der Waals surface area contributed by atoms with Crippen molar-refractivity contribution in [2.24, 2.45) is 0 Å². The number of benzene rings is 1. The summed E-state index contributed by atoms with van der Waals surface area (Å²) >= 11 is 5.84. The van der Waals surface area contributed by atoms with Crippen LogP contribution in [0.15, 0.2) is 35.2 Å². The molecule has 0 aliphatic heterocycles. The highest BCUT2D eigenvalue weighted by Gasteiger charge is 2.32. The number of nitro benzene ring substituents is 1. The normalized spacial score (nSPS) is 12.1. The van der Waals surface area contributed by atoms with Crippen LogP contribution in [0.25, 0.3) is 0 Å². The van der Waals surface area contributed by atoms with Gasteiger partial charge in [0, 0.05) is 45.0 Å². The number of nitro groups is 1. The van der Waals surface area contributed by atoms with Crippen LogP contribution in [0, 0.1) is 10.1 Å². The highest BCUT2D eigenvalue weighted by atomic mass is 35.5. The van der Waals surface area contributed by atoms with Crippen molar-refractivity contribution in [3.63, 3.8) is 0 Å². The second-order valence-electron chi connectivity index (χ2n) is 6.71. The number of aromatic nitrogens is 1. The highest BCUT2D eigenvalue weighted by Crippen LogP contribution is 2.33. The van der Waals surface area contributed by atoms with Gasteiger partial charge in [0.05, 0.1) is 22.1 Å². The van der Waals surface area contributed by atoms with Crippen LogP contribution in [0.4, 0.5) is 18.9 Å². The standard InChI is InChI=1S/C19H21ClF3N3O8S/c1-31-18(32-2)11-34-17-9-12(19(21,22)23)8-16(25-17)33-7-3-6-24-35(29,30)15-10-13(26(27)28)4-5-14(15)20/h4-5,8-10,18,24H,3,6-7,11H2,1-2H3. The second kappa shape index (κ2) is 12.3. The number of hydrogen-bond donors (Lipinski definition) is 1. The van der Waals surface area contributed by atoms with Gasteiger partial charge in [0.15, 0.2) is 6.29 Å². The van der Waals surface area contributed by atoms with Gasteiger partial charge in [0.1, 0.15) is 11.5 Å². The van der Waals surface area contributed by atoms with Crippen molar-refractivity contribution in [2.45, 2.75) is 23.8 Å². The van der Waals surface area contributed by atoms with E-state index in [1.807, 2.05) is 0 Å². The van der Waals surface area contributed by atoms with Gasteiger partial charge in [-0.25, -0.2) is 13.1 Å². The molecule has 0 saturated carbocycles. The summed E-state index contributed by atoms with van der Waals surface area (Å²) in [5, 5.41) is 10.7. The van der Waals surface area contributed by atoms with Crippen LogP contribution >= 0.6 is 11.6 Å². The van der Waals surface area contributed by atoms with Crippen LogP contribution in [-0.2, 0) is 25.7 Å². The Hall–Kier alpha value is -2.72. The van der Waals surface area contributed by atoms with Gasteiger partial charge in [0.2, 0.25) is 21.8 Å². The van der Waals surface area contributed by atoms with Gasteiger partial charge in [-0.2, -0.15) is 18.2 Å². The lowest BCUT2D eigenvalue weighted by molar-refractivity contribution is -0.385. The highest BCUT2D eigenvalue weighted by molar-refractivity contribution is 7.89. The van der Waals surface area contributed by atoms with E-state index in [0.717, 1.165) is 18.2 Å². The number of nitrogens with zero attached hydrogens (tertiary/aromatic N) is 2. The number of alkyl halides is 3. The van der Waals surface area contributed by atoms with Crippen molar-refractivity contribution in [3.05, 3.63) is 51.0 Å². The molecule has 11 nitrogen and oxygen atoms in total. The predicted molar refractivity (Wildman–Crippen MR) is 116 cm³/mol. The van der Waals surface area contributed by atoms with E-state index >= 15 is 0 Å². The first-order valence-electron chi connectivity index (χ1n) is 9.71. The molecule has 0 spiro atoms. The van der Waals surface area contributed by atoms with E-state index in [2.05, 4.69) is 9.71 Å². The Morgan fingerprint density at radius 3 is 2.34 bits per heavy atom. The molecule has 0 aliphatic carbocycles. The maximum absolute atomic E-state index is 13.2. The lowest BCUT2D eigenvalue weighted by atomic mass is 10.2. The molecule has 0 amide bonds. The Bertz CT molecular complexity index is 1130. The summed E-state index contributed by atoms with van der Waals surface area (Å²) in [4.78, 5) is 13.5. The zero-order valence-corrected chi connectivity index (χ0v) is 19.9. The molecule has 0 radical (unpaired) electrons. The first-order chi connectivity index (χ1) is 16.4. The molecule has 0 atom stereocenters. The van der Waals surface area contributed by atoms with Crippen LogP contribution in [0.3, 0.4) is 0 Å². The molecular weight excluding hydrogens is 523 g/mol. The molecule has 1 N–H and O–H groups in total. The molecule has 35 heavy (non-hydrogen) atoms. The Balaban J connectivity index is 2.00. The third kappa shape index (κ3) is 8.47.